The molecule has 0 fully saturated rings. The van der Waals surface area contributed by atoms with E-state index in [1.165, 1.54) is 0 Å². The lowest BCUT2D eigenvalue weighted by Crippen LogP contribution is -2.31. The monoisotopic (exact) mass is 335 g/mol. The van der Waals surface area contributed by atoms with E-state index in [0.29, 0.717) is 11.5 Å². The van der Waals surface area contributed by atoms with Crippen molar-refractivity contribution in [1.29, 1.82) is 0 Å². The summed E-state index contributed by atoms with van der Waals surface area (Å²) in [5, 5.41) is 6.75. The van der Waals surface area contributed by atoms with Crippen molar-refractivity contribution in [3.63, 3.8) is 0 Å². The van der Waals surface area contributed by atoms with E-state index in [2.05, 4.69) is 25.4 Å². The number of nitrogens with one attached hydrogen (secondary N) is 1. The number of fused-ring (bicyclic) bond motifs is 1. The maximum absolute atomic E-state index is 12.3. The van der Waals surface area contributed by atoms with Gasteiger partial charge in [0.25, 0.3) is 5.91 Å². The summed E-state index contributed by atoms with van der Waals surface area (Å²) in [7, 11) is 0. The van der Waals surface area contributed by atoms with E-state index in [-0.39, 0.29) is 17.7 Å². The zero-order valence-corrected chi connectivity index (χ0v) is 13.8. The second kappa shape index (κ2) is 6.43. The molecule has 0 spiro atoms. The van der Waals surface area contributed by atoms with Gasteiger partial charge in [0.15, 0.2) is 5.82 Å². The summed E-state index contributed by atoms with van der Waals surface area (Å²) < 4.78 is 5.03. The Balaban J connectivity index is 1.59. The van der Waals surface area contributed by atoms with Crippen LogP contribution < -0.4 is 5.32 Å². The molecule has 126 valence electrons. The lowest BCUT2D eigenvalue weighted by molar-refractivity contribution is 0.0895. The fourth-order valence-corrected chi connectivity index (χ4v) is 3.03. The van der Waals surface area contributed by atoms with E-state index >= 15 is 0 Å². The van der Waals surface area contributed by atoms with Gasteiger partial charge in [0.05, 0.1) is 11.7 Å². The van der Waals surface area contributed by atoms with Gasteiger partial charge in [-0.1, -0.05) is 5.16 Å². The van der Waals surface area contributed by atoms with Crippen LogP contribution in [0.25, 0.3) is 11.4 Å². The minimum Gasteiger partial charge on any atom is -0.351 e. The van der Waals surface area contributed by atoms with E-state index in [0.717, 1.165) is 36.1 Å². The molecule has 1 unspecified atom stereocenters. The minimum absolute atomic E-state index is 0.121. The van der Waals surface area contributed by atoms with Crippen LogP contribution in [0.5, 0.6) is 0 Å². The average Bonchev–Trinajstić information content (AvgIpc) is 3.09. The van der Waals surface area contributed by atoms with E-state index < -0.39 is 0 Å². The Morgan fingerprint density at radius 1 is 1.36 bits per heavy atom. The molecule has 7 heteroatoms. The van der Waals surface area contributed by atoms with E-state index in [1.54, 1.807) is 31.6 Å². The molecule has 3 heterocycles. The quantitative estimate of drug-likeness (QED) is 0.791. The van der Waals surface area contributed by atoms with Gasteiger partial charge in [0.1, 0.15) is 0 Å². The first-order valence-corrected chi connectivity index (χ1v) is 8.21. The summed E-state index contributed by atoms with van der Waals surface area (Å²) in [5.74, 6) is 0.608. The van der Waals surface area contributed by atoms with E-state index in [4.69, 9.17) is 4.52 Å². The van der Waals surface area contributed by atoms with Crippen LogP contribution in [0.15, 0.2) is 41.3 Å². The van der Waals surface area contributed by atoms with Crippen LogP contribution in [-0.2, 0) is 6.42 Å². The number of nitrogens with zero attached hydrogens (tertiary/aromatic N) is 4. The van der Waals surface area contributed by atoms with E-state index in [9.17, 15) is 4.79 Å². The molecule has 0 aliphatic heterocycles. The van der Waals surface area contributed by atoms with Crippen LogP contribution in [0.1, 0.15) is 46.4 Å². The van der Waals surface area contributed by atoms with Crippen molar-refractivity contribution < 1.29 is 9.32 Å². The molecule has 0 aromatic carbocycles. The van der Waals surface area contributed by atoms with Crippen molar-refractivity contribution in [1.82, 2.24) is 25.4 Å². The zero-order chi connectivity index (χ0) is 17.2. The van der Waals surface area contributed by atoms with Crippen molar-refractivity contribution in [3.8, 4) is 11.4 Å². The van der Waals surface area contributed by atoms with Gasteiger partial charge in [-0.25, -0.2) is 9.97 Å². The average molecular weight is 335 g/mol. The van der Waals surface area contributed by atoms with Crippen LogP contribution in [0.4, 0.5) is 0 Å². The molecule has 1 atom stereocenters. The lowest BCUT2D eigenvalue weighted by Gasteiger charge is -2.25. The summed E-state index contributed by atoms with van der Waals surface area (Å²) in [4.78, 5) is 25.6. The number of aryl methyl sites for hydroxylation is 2. The number of rotatable bonds is 3. The maximum atomic E-state index is 12.3. The molecule has 1 aliphatic carbocycles. The Morgan fingerprint density at radius 3 is 3.04 bits per heavy atom. The van der Waals surface area contributed by atoms with Crippen molar-refractivity contribution in [2.24, 2.45) is 0 Å². The van der Waals surface area contributed by atoms with Crippen LogP contribution in [-0.4, -0.2) is 26.0 Å². The highest BCUT2D eigenvalue weighted by atomic mass is 16.5. The predicted molar refractivity (Wildman–Crippen MR) is 89.6 cm³/mol. The number of carbonyl (C=O) groups is 1. The van der Waals surface area contributed by atoms with E-state index in [1.807, 2.05) is 12.1 Å². The second-order valence-corrected chi connectivity index (χ2v) is 6.09. The standard InChI is InChI=1S/C18H17N5O2/c1-11-8-16(25-23-11)18(24)22-15-6-2-5-14-13(15)10-20-17(21-14)12-4-3-7-19-9-12/h3-4,7-10,15H,2,5-6H2,1H3,(H,22,24). The molecule has 7 nitrogen and oxygen atoms in total. The molecular weight excluding hydrogens is 318 g/mol. The van der Waals surface area contributed by atoms with Crippen LogP contribution in [0.2, 0.25) is 0 Å². The lowest BCUT2D eigenvalue weighted by atomic mass is 9.92. The topological polar surface area (TPSA) is 93.8 Å². The Hall–Kier alpha value is -3.09. The molecule has 3 aromatic rings. The van der Waals surface area contributed by atoms with Gasteiger partial charge in [-0.15, -0.1) is 0 Å². The molecule has 0 saturated carbocycles. The normalized spacial score (nSPS) is 16.3. The largest absolute Gasteiger partial charge is 0.351 e. The fourth-order valence-electron chi connectivity index (χ4n) is 3.03. The molecular formula is C18H17N5O2. The Kier molecular flexibility index (Phi) is 3.97. The Bertz CT molecular complexity index is 907. The number of hydrogen-bond acceptors (Lipinski definition) is 6. The second-order valence-electron chi connectivity index (χ2n) is 6.09. The van der Waals surface area contributed by atoms with Crippen molar-refractivity contribution in [2.45, 2.75) is 32.2 Å². The highest BCUT2D eigenvalue weighted by molar-refractivity contribution is 5.91. The third-order valence-corrected chi connectivity index (χ3v) is 4.26. The number of amides is 1. The van der Waals surface area contributed by atoms with Gasteiger partial charge in [-0.3, -0.25) is 9.78 Å². The molecule has 0 bridgehead atoms. The van der Waals surface area contributed by atoms with Crippen LogP contribution >= 0.6 is 0 Å². The van der Waals surface area contributed by atoms with Gasteiger partial charge in [0.2, 0.25) is 5.76 Å². The highest BCUT2D eigenvalue weighted by Gasteiger charge is 2.25. The SMILES string of the molecule is Cc1cc(C(=O)NC2CCCc3nc(-c4cccnc4)ncc32)on1. The summed E-state index contributed by atoms with van der Waals surface area (Å²) in [6.45, 7) is 1.78. The molecule has 25 heavy (non-hydrogen) atoms. The molecule has 1 N–H and O–H groups in total. The summed E-state index contributed by atoms with van der Waals surface area (Å²) in [6, 6.07) is 5.30. The highest BCUT2D eigenvalue weighted by Crippen LogP contribution is 2.29. The number of pyridine rings is 1. The molecule has 1 amide bonds. The first-order chi connectivity index (χ1) is 12.2. The molecule has 4 rings (SSSR count). The molecule has 0 saturated heterocycles. The zero-order valence-electron chi connectivity index (χ0n) is 13.8. The van der Waals surface area contributed by atoms with Crippen molar-refractivity contribution in [2.75, 3.05) is 0 Å². The summed E-state index contributed by atoms with van der Waals surface area (Å²) >= 11 is 0. The smallest absolute Gasteiger partial charge is 0.290 e. The molecule has 1 aliphatic rings. The first-order valence-electron chi connectivity index (χ1n) is 8.21. The van der Waals surface area contributed by atoms with Gasteiger partial charge in [-0.2, -0.15) is 0 Å². The summed E-state index contributed by atoms with van der Waals surface area (Å²) in [5.41, 5.74) is 3.50. The van der Waals surface area contributed by atoms with Crippen molar-refractivity contribution in [3.05, 3.63) is 59.5 Å². The van der Waals surface area contributed by atoms with Gasteiger partial charge in [0, 0.05) is 41.5 Å². The third kappa shape index (κ3) is 3.13. The van der Waals surface area contributed by atoms with Gasteiger partial charge < -0.3 is 9.84 Å². The van der Waals surface area contributed by atoms with Crippen LogP contribution in [0.3, 0.4) is 0 Å². The fraction of sp³-hybridized carbons (Fsp3) is 0.278. The Labute approximate surface area is 144 Å². The number of hydrogen-bond donors (Lipinski definition) is 1. The molecule has 0 radical (unpaired) electrons. The first kappa shape index (κ1) is 15.4. The summed E-state index contributed by atoms with van der Waals surface area (Å²) in [6.07, 6.45) is 7.95. The molecule has 3 aromatic heterocycles. The van der Waals surface area contributed by atoms with Crippen molar-refractivity contribution >= 4 is 5.91 Å². The van der Waals surface area contributed by atoms with Crippen LogP contribution in [0, 0.1) is 6.92 Å². The third-order valence-electron chi connectivity index (χ3n) is 4.26. The minimum atomic E-state index is -0.269. The Morgan fingerprint density at radius 2 is 2.28 bits per heavy atom. The number of aromatic nitrogens is 4. The predicted octanol–water partition coefficient (Wildman–Crippen LogP) is 2.64. The maximum Gasteiger partial charge on any atom is 0.290 e. The van der Waals surface area contributed by atoms with Gasteiger partial charge >= 0.3 is 0 Å². The number of carbonyl (C=O) groups excluding carboxylic acids is 1. The van der Waals surface area contributed by atoms with Gasteiger partial charge in [-0.05, 0) is 38.3 Å².